The van der Waals surface area contributed by atoms with Gasteiger partial charge in [0.25, 0.3) is 11.9 Å². The highest BCUT2D eigenvalue weighted by atomic mass is 16.4. The molecule has 7 heterocycles. The van der Waals surface area contributed by atoms with Gasteiger partial charge in [0.15, 0.2) is 17.2 Å². The zero-order valence-corrected chi connectivity index (χ0v) is 54.5. The quantitative estimate of drug-likeness (QED) is 0.0478. The number of fused-ring (bicyclic) bond motifs is 1. The molecular formula is C71H82N18O8. The van der Waals surface area contributed by atoms with E-state index in [0.29, 0.717) is 34.1 Å². The first-order valence-electron chi connectivity index (χ1n) is 31.3. The lowest BCUT2D eigenvalue weighted by Gasteiger charge is -2.34. The highest BCUT2D eigenvalue weighted by Crippen LogP contribution is 2.29. The number of H-pyrrole nitrogens is 4. The Morgan fingerprint density at radius 2 is 0.845 bits per heavy atom. The number of aromatic hydroxyl groups is 3. The molecule has 504 valence electrons. The molecule has 10 aromatic rings. The van der Waals surface area contributed by atoms with Crippen LogP contribution in [0.5, 0.6) is 17.2 Å². The molecule has 3 saturated heterocycles. The summed E-state index contributed by atoms with van der Waals surface area (Å²) in [5, 5.41) is 67.4. The first kappa shape index (κ1) is 69.5. The Kier molecular flexibility index (Phi) is 23.9. The summed E-state index contributed by atoms with van der Waals surface area (Å²) in [4.78, 5) is 54.4. The molecule has 0 aliphatic carbocycles. The van der Waals surface area contributed by atoms with Crippen LogP contribution in [0.2, 0.25) is 0 Å². The predicted molar refractivity (Wildman–Crippen MR) is 385 cm³/mol. The summed E-state index contributed by atoms with van der Waals surface area (Å²) >= 11 is 0. The van der Waals surface area contributed by atoms with Crippen molar-refractivity contribution in [2.45, 2.75) is 6.92 Å². The van der Waals surface area contributed by atoms with Crippen molar-refractivity contribution in [2.24, 2.45) is 0 Å². The number of phenols is 3. The van der Waals surface area contributed by atoms with Gasteiger partial charge >= 0.3 is 5.97 Å². The van der Waals surface area contributed by atoms with Crippen molar-refractivity contribution in [3.05, 3.63) is 191 Å². The number of hydrogen-bond acceptors (Lipinski definition) is 19. The summed E-state index contributed by atoms with van der Waals surface area (Å²) in [5.74, 6) is -0.795. The van der Waals surface area contributed by atoms with Crippen molar-refractivity contribution in [3.8, 4) is 28.8 Å². The van der Waals surface area contributed by atoms with Gasteiger partial charge in [-0.15, -0.1) is 0 Å². The smallest absolute Gasteiger partial charge is 0.356 e. The fourth-order valence-corrected chi connectivity index (χ4v) is 10.2. The number of rotatable bonds is 13. The molecule has 13 rings (SSSR count). The van der Waals surface area contributed by atoms with Gasteiger partial charge in [-0.05, 0) is 165 Å². The number of piperazine rings is 3. The Balaban J connectivity index is 0.000000155. The van der Waals surface area contributed by atoms with Crippen LogP contribution >= 0.6 is 0 Å². The second-order valence-corrected chi connectivity index (χ2v) is 23.4. The Bertz CT molecular complexity index is 4300. The van der Waals surface area contributed by atoms with Crippen molar-refractivity contribution in [1.29, 1.82) is 0 Å². The maximum atomic E-state index is 12.7. The first-order valence-corrected chi connectivity index (χ1v) is 31.3. The van der Waals surface area contributed by atoms with Crippen molar-refractivity contribution >= 4 is 105 Å². The van der Waals surface area contributed by atoms with E-state index in [9.17, 15) is 19.8 Å². The second kappa shape index (κ2) is 33.3. The molecule has 0 saturated carbocycles. The molecule has 3 aliphatic rings. The molecule has 4 aromatic heterocycles. The number of aromatic amines is 4. The Labute approximate surface area is 561 Å². The molecule has 0 atom stereocenters. The van der Waals surface area contributed by atoms with Gasteiger partial charge in [-0.2, -0.15) is 15.3 Å². The highest BCUT2D eigenvalue weighted by Gasteiger charge is 2.20. The number of hydrogen-bond donors (Lipinski definition) is 13. The number of aliphatic carboxylic acids is 1. The molecule has 0 radical (unpaired) electrons. The molecule has 0 unspecified atom stereocenters. The van der Waals surface area contributed by atoms with E-state index in [2.05, 4.69) is 110 Å². The van der Waals surface area contributed by atoms with Gasteiger partial charge in [0, 0.05) is 103 Å². The van der Waals surface area contributed by atoms with Gasteiger partial charge in [0.2, 0.25) is 0 Å². The number of nitrogens with two attached hydrogens (primary N) is 3. The number of benzene rings is 6. The van der Waals surface area contributed by atoms with Crippen LogP contribution in [0, 0.1) is 0 Å². The fourth-order valence-electron chi connectivity index (χ4n) is 10.2. The Morgan fingerprint density at radius 1 is 0.454 bits per heavy atom. The third-order valence-electron chi connectivity index (χ3n) is 16.0. The lowest BCUT2D eigenvalue weighted by molar-refractivity contribution is -0.134. The number of amides is 1. The van der Waals surface area contributed by atoms with E-state index in [1.165, 1.54) is 17.4 Å². The Morgan fingerprint density at radius 3 is 1.29 bits per heavy atom. The summed E-state index contributed by atoms with van der Waals surface area (Å²) in [5.41, 5.74) is 31.4. The minimum Gasteiger partial charge on any atom is -0.508 e. The van der Waals surface area contributed by atoms with E-state index in [1.807, 2.05) is 78.9 Å². The standard InChI is InChI=1S/C23H26N6O2.C23H24N6O.C12H10N2O3.C11H18N4.C2H4O2/c1-28-10-12-29(13-11-28)18-6-9-20(24)21(15-18)25-23(31)22-14-17(26-27-22)5-2-16-3-7-19(30)8-4-16;1-28-10-12-29(13-11-28)18-6-9-20-21(15-18)25-23(24-20)22-14-17(26-27-22)5-2-16-3-7-19(30)8-4-16;15-10-5-2-8(3-6-10)1-4-9-7-11(12(16)17)14-13-9;1-14-4-6-15(7-5-14)9-2-3-10(12)11(13)8-9;1-2(3)4/h2-9,14-15,30H,10-13,24H2,1H3,(H,25,31)(H,26,27);2-9,14-15,30H,10-13H2,1H3,(H,24,25)(H,26,27);1-7,15H,(H,13,14)(H,16,17);2-3,8H,4-7,12-13H2,1H3;1H3,(H,3,4)/b2*5-2+;4-1+;;. The van der Waals surface area contributed by atoms with Crippen molar-refractivity contribution in [3.63, 3.8) is 0 Å². The van der Waals surface area contributed by atoms with Gasteiger partial charge in [-0.3, -0.25) is 24.9 Å². The number of carboxylic acid groups (broad SMARTS) is 2. The number of likely N-dealkylation sites (N-methyl/N-ethyl adjacent to an activating group) is 3. The minimum absolute atomic E-state index is 0.0182. The zero-order valence-electron chi connectivity index (χ0n) is 54.5. The lowest BCUT2D eigenvalue weighted by atomic mass is 10.2. The number of carbonyl (C=O) groups is 3. The number of nitrogens with zero attached hydrogens (tertiary/aromatic N) is 10. The van der Waals surface area contributed by atoms with Crippen LogP contribution in [0.1, 0.15) is 61.7 Å². The summed E-state index contributed by atoms with van der Waals surface area (Å²) < 4.78 is 0. The van der Waals surface area contributed by atoms with E-state index in [0.717, 1.165) is 136 Å². The molecule has 6 aromatic carbocycles. The van der Waals surface area contributed by atoms with E-state index < -0.39 is 11.9 Å². The fraction of sp³-hybridized carbons (Fsp3) is 0.225. The molecule has 3 fully saturated rings. The largest absolute Gasteiger partial charge is 0.508 e. The molecular weight excluding hydrogens is 1230 g/mol. The van der Waals surface area contributed by atoms with Crippen LogP contribution in [-0.2, 0) is 4.79 Å². The summed E-state index contributed by atoms with van der Waals surface area (Å²) in [6.07, 6.45) is 11.1. The Hall–Kier alpha value is -11.9. The number of anilines is 7. The monoisotopic (exact) mass is 1310 g/mol. The van der Waals surface area contributed by atoms with Gasteiger partial charge in [0.05, 0.1) is 50.9 Å². The predicted octanol–water partition coefficient (Wildman–Crippen LogP) is 9.13. The summed E-state index contributed by atoms with van der Waals surface area (Å²) in [6.45, 7) is 13.5. The molecule has 1 amide bonds. The summed E-state index contributed by atoms with van der Waals surface area (Å²) in [7, 11) is 6.43. The SMILES string of the molecule is CC(=O)O.CN1CCN(c2ccc(N)c(N)c2)CC1.CN1CCN(c2ccc(N)c(NC(=O)c3cc(/C=C/c4ccc(O)cc4)[nH]n3)c2)CC1.CN1CCN(c2ccc3nc(-c4cc(/C=C/c5ccc(O)cc5)[nH]n4)[nH]c3c2)CC1.O=C(O)c1cc(/C=C/c2ccc(O)cc2)[nH]n1. The van der Waals surface area contributed by atoms with Crippen LogP contribution in [0.4, 0.5) is 39.8 Å². The normalized spacial score (nSPS) is 14.5. The van der Waals surface area contributed by atoms with E-state index in [-0.39, 0.29) is 34.5 Å². The maximum absolute atomic E-state index is 12.7. The number of carboxylic acids is 2. The van der Waals surface area contributed by atoms with Crippen molar-refractivity contribution < 1.29 is 39.9 Å². The number of aromatic nitrogens is 8. The van der Waals surface area contributed by atoms with Crippen LogP contribution in [0.15, 0.2) is 146 Å². The topological polar surface area (TPSA) is 377 Å². The number of aromatic carboxylic acids is 1. The molecule has 16 N–H and O–H groups in total. The van der Waals surface area contributed by atoms with Crippen LogP contribution in [0.25, 0.3) is 59.0 Å². The second-order valence-electron chi connectivity index (χ2n) is 23.4. The van der Waals surface area contributed by atoms with Crippen molar-refractivity contribution in [2.75, 3.05) is 137 Å². The third-order valence-corrected chi connectivity index (χ3v) is 16.0. The van der Waals surface area contributed by atoms with Gasteiger partial charge in [-0.1, -0.05) is 54.6 Å². The van der Waals surface area contributed by atoms with Gasteiger partial charge < -0.3 is 82.4 Å². The average Bonchev–Trinajstić information content (AvgIpc) is 1.71. The first-order chi connectivity index (χ1) is 46.7. The molecule has 3 aliphatic heterocycles. The summed E-state index contributed by atoms with van der Waals surface area (Å²) in [6, 6.07) is 43.6. The van der Waals surface area contributed by atoms with Gasteiger partial charge in [-0.25, -0.2) is 9.78 Å². The van der Waals surface area contributed by atoms with Gasteiger partial charge in [0.1, 0.15) is 22.9 Å². The molecule has 97 heavy (non-hydrogen) atoms. The maximum Gasteiger partial charge on any atom is 0.356 e. The van der Waals surface area contributed by atoms with Crippen LogP contribution < -0.4 is 37.2 Å². The number of carbonyl (C=O) groups excluding carboxylic acids is 1. The number of nitrogen functional groups attached to an aromatic ring is 3. The molecule has 26 heteroatoms. The molecule has 0 bridgehead atoms. The van der Waals surface area contributed by atoms with Crippen molar-refractivity contribution in [1.82, 2.24) is 55.3 Å². The van der Waals surface area contributed by atoms with E-state index in [1.54, 1.807) is 78.9 Å². The molecule has 0 spiro atoms. The van der Waals surface area contributed by atoms with E-state index >= 15 is 0 Å². The lowest BCUT2D eigenvalue weighted by Crippen LogP contribution is -2.44. The number of phenolic OH excluding ortho intramolecular Hbond substituents is 3. The third kappa shape index (κ3) is 20.8. The van der Waals surface area contributed by atoms with Crippen LogP contribution in [0.3, 0.4) is 0 Å². The minimum atomic E-state index is -1.06. The van der Waals surface area contributed by atoms with E-state index in [4.69, 9.17) is 42.3 Å². The average molecular weight is 1320 g/mol. The van der Waals surface area contributed by atoms with Crippen LogP contribution in [-0.4, -0.2) is 198 Å². The highest BCUT2D eigenvalue weighted by molar-refractivity contribution is 6.05. The number of nitrogens with one attached hydrogen (secondary N) is 5. The molecule has 26 nitrogen and oxygen atoms in total. The zero-order chi connectivity index (χ0) is 69.0. The number of imidazole rings is 1.